The first-order valence-corrected chi connectivity index (χ1v) is 11.1. The highest BCUT2D eigenvalue weighted by atomic mass is 16.5. The third kappa shape index (κ3) is 7.31. The maximum atomic E-state index is 12.2. The van der Waals surface area contributed by atoms with Gasteiger partial charge in [0.1, 0.15) is 5.75 Å². The van der Waals surface area contributed by atoms with E-state index in [1.807, 2.05) is 31.2 Å². The zero-order valence-corrected chi connectivity index (χ0v) is 18.8. The second kappa shape index (κ2) is 11.4. The van der Waals surface area contributed by atoms with Gasteiger partial charge in [-0.15, -0.1) is 0 Å². The van der Waals surface area contributed by atoms with Gasteiger partial charge in [-0.25, -0.2) is 0 Å². The fraction of sp³-hybridized carbons (Fsp3) is 0.440. The van der Waals surface area contributed by atoms with E-state index in [1.165, 1.54) is 18.4 Å². The highest BCUT2D eigenvalue weighted by Gasteiger charge is 2.22. The second-order valence-corrected chi connectivity index (χ2v) is 8.10. The molecule has 0 saturated heterocycles. The Morgan fingerprint density at radius 3 is 2.65 bits per heavy atom. The number of guanidine groups is 1. The van der Waals surface area contributed by atoms with E-state index in [9.17, 15) is 4.79 Å². The molecule has 0 atom stereocenters. The third-order valence-corrected chi connectivity index (χ3v) is 5.25. The summed E-state index contributed by atoms with van der Waals surface area (Å²) in [4.78, 5) is 16.5. The van der Waals surface area contributed by atoms with Gasteiger partial charge in [0, 0.05) is 37.8 Å². The van der Waals surface area contributed by atoms with Crippen LogP contribution in [-0.2, 0) is 13.1 Å². The molecule has 0 aliphatic heterocycles. The van der Waals surface area contributed by atoms with Crippen molar-refractivity contribution in [3.05, 3.63) is 64.7 Å². The van der Waals surface area contributed by atoms with Crippen LogP contribution in [0.25, 0.3) is 0 Å². The molecule has 1 saturated carbocycles. The number of rotatable bonds is 10. The van der Waals surface area contributed by atoms with Crippen molar-refractivity contribution < 1.29 is 9.53 Å². The number of nitrogens with one attached hydrogen (secondary N) is 3. The normalized spacial score (nSPS) is 13.6. The Bertz CT molecular complexity index is 906. The van der Waals surface area contributed by atoms with Gasteiger partial charge in [0.05, 0.1) is 6.61 Å². The lowest BCUT2D eigenvalue weighted by Gasteiger charge is -2.16. The van der Waals surface area contributed by atoms with E-state index < -0.39 is 0 Å². The zero-order valence-electron chi connectivity index (χ0n) is 18.8. The van der Waals surface area contributed by atoms with Crippen molar-refractivity contribution in [2.45, 2.75) is 46.2 Å². The van der Waals surface area contributed by atoms with E-state index in [2.05, 4.69) is 46.1 Å². The number of aliphatic imine (C=N–C) groups is 1. The Labute approximate surface area is 185 Å². The van der Waals surface area contributed by atoms with E-state index in [-0.39, 0.29) is 5.91 Å². The fourth-order valence-electron chi connectivity index (χ4n) is 3.18. The summed E-state index contributed by atoms with van der Waals surface area (Å²) < 4.78 is 6.06. The molecule has 6 heteroatoms. The Balaban J connectivity index is 1.54. The van der Waals surface area contributed by atoms with Gasteiger partial charge in [-0.1, -0.05) is 31.2 Å². The number of amides is 1. The molecule has 0 spiro atoms. The Morgan fingerprint density at radius 1 is 1.10 bits per heavy atom. The molecule has 0 radical (unpaired) electrons. The highest BCUT2D eigenvalue weighted by molar-refractivity contribution is 5.94. The van der Waals surface area contributed by atoms with Crippen LogP contribution in [0.5, 0.6) is 5.75 Å². The third-order valence-electron chi connectivity index (χ3n) is 5.25. The van der Waals surface area contributed by atoms with E-state index in [0.717, 1.165) is 35.8 Å². The van der Waals surface area contributed by atoms with Crippen LogP contribution in [0.1, 0.15) is 53.2 Å². The van der Waals surface area contributed by atoms with Crippen molar-refractivity contribution in [2.75, 3.05) is 20.2 Å². The fourth-order valence-corrected chi connectivity index (χ4v) is 3.18. The minimum atomic E-state index is -0.0377. The number of hydrogen-bond donors (Lipinski definition) is 3. The Hall–Kier alpha value is -3.02. The van der Waals surface area contributed by atoms with Crippen LogP contribution in [0.2, 0.25) is 0 Å². The van der Waals surface area contributed by atoms with Crippen molar-refractivity contribution in [1.82, 2.24) is 16.0 Å². The van der Waals surface area contributed by atoms with Crippen molar-refractivity contribution in [2.24, 2.45) is 10.9 Å². The molecule has 0 heterocycles. The molecule has 1 amide bonds. The lowest BCUT2D eigenvalue weighted by Crippen LogP contribution is -2.36. The molecule has 6 nitrogen and oxygen atoms in total. The van der Waals surface area contributed by atoms with Gasteiger partial charge in [-0.3, -0.25) is 9.79 Å². The Kier molecular flexibility index (Phi) is 8.33. The molecule has 1 aliphatic carbocycles. The molecule has 2 aromatic rings. The van der Waals surface area contributed by atoms with Crippen LogP contribution in [0.4, 0.5) is 0 Å². The average molecular weight is 423 g/mol. The number of carbonyl (C=O) groups is 1. The molecule has 166 valence electrons. The molecule has 3 N–H and O–H groups in total. The lowest BCUT2D eigenvalue weighted by atomic mass is 10.1. The minimum Gasteiger partial charge on any atom is -0.493 e. The summed E-state index contributed by atoms with van der Waals surface area (Å²) in [6, 6.07) is 14.0. The van der Waals surface area contributed by atoms with Crippen molar-refractivity contribution in [3.63, 3.8) is 0 Å². The predicted octanol–water partition coefficient (Wildman–Crippen LogP) is 3.79. The molecular formula is C25H34N4O2. The van der Waals surface area contributed by atoms with Crippen molar-refractivity contribution in [1.29, 1.82) is 0 Å². The molecule has 0 unspecified atom stereocenters. The summed E-state index contributed by atoms with van der Waals surface area (Å²) in [7, 11) is 1.75. The monoisotopic (exact) mass is 422 g/mol. The molecule has 0 bridgehead atoms. The van der Waals surface area contributed by atoms with Crippen LogP contribution in [0, 0.1) is 12.8 Å². The SMILES string of the molecule is CCCNC(=O)c1cccc(CNC(=NC)NCc2ccc(C)cc2OCC2CC2)c1. The molecule has 1 fully saturated rings. The molecule has 1 aliphatic rings. The van der Waals surface area contributed by atoms with E-state index in [1.54, 1.807) is 7.05 Å². The number of benzene rings is 2. The summed E-state index contributed by atoms with van der Waals surface area (Å²) in [5, 5.41) is 9.60. The summed E-state index contributed by atoms with van der Waals surface area (Å²) in [6.07, 6.45) is 3.47. The summed E-state index contributed by atoms with van der Waals surface area (Å²) in [6.45, 7) is 6.80. The van der Waals surface area contributed by atoms with Crippen LogP contribution in [-0.4, -0.2) is 32.1 Å². The van der Waals surface area contributed by atoms with Crippen molar-refractivity contribution in [3.8, 4) is 5.75 Å². The maximum absolute atomic E-state index is 12.2. The summed E-state index contributed by atoms with van der Waals surface area (Å²) >= 11 is 0. The van der Waals surface area contributed by atoms with Gasteiger partial charge >= 0.3 is 0 Å². The van der Waals surface area contributed by atoms with Crippen LogP contribution >= 0.6 is 0 Å². The van der Waals surface area contributed by atoms with Gasteiger partial charge in [-0.2, -0.15) is 0 Å². The van der Waals surface area contributed by atoms with Gasteiger partial charge < -0.3 is 20.7 Å². The van der Waals surface area contributed by atoms with E-state index in [0.29, 0.717) is 31.2 Å². The number of hydrogen-bond acceptors (Lipinski definition) is 3. The summed E-state index contributed by atoms with van der Waals surface area (Å²) in [5.41, 5.74) is 4.01. The topological polar surface area (TPSA) is 74.8 Å². The first kappa shape index (κ1) is 22.7. The van der Waals surface area contributed by atoms with Crippen LogP contribution in [0.3, 0.4) is 0 Å². The maximum Gasteiger partial charge on any atom is 0.251 e. The van der Waals surface area contributed by atoms with E-state index in [4.69, 9.17) is 4.74 Å². The predicted molar refractivity (Wildman–Crippen MR) is 126 cm³/mol. The van der Waals surface area contributed by atoms with Gasteiger partial charge in [0.25, 0.3) is 5.91 Å². The average Bonchev–Trinajstić information content (AvgIpc) is 3.62. The highest BCUT2D eigenvalue weighted by Crippen LogP contribution is 2.30. The summed E-state index contributed by atoms with van der Waals surface area (Å²) in [5.74, 6) is 2.33. The van der Waals surface area contributed by atoms with Crippen LogP contribution in [0.15, 0.2) is 47.5 Å². The number of ether oxygens (including phenoxy) is 1. The zero-order chi connectivity index (χ0) is 22.1. The first-order valence-electron chi connectivity index (χ1n) is 11.1. The molecule has 31 heavy (non-hydrogen) atoms. The molecule has 2 aromatic carbocycles. The standard InChI is InChI=1S/C25H34N4O2/c1-4-12-27-24(30)21-7-5-6-20(14-21)15-28-25(26-3)29-16-22-11-8-18(2)13-23(22)31-17-19-9-10-19/h5-8,11,13-14,19H,4,9-10,12,15-17H2,1-3H3,(H,27,30)(H2,26,28,29). The van der Waals surface area contributed by atoms with Gasteiger partial charge in [0.15, 0.2) is 5.96 Å². The second-order valence-electron chi connectivity index (χ2n) is 8.10. The van der Waals surface area contributed by atoms with E-state index >= 15 is 0 Å². The lowest BCUT2D eigenvalue weighted by molar-refractivity contribution is 0.0953. The van der Waals surface area contributed by atoms with Gasteiger partial charge in [-0.05, 0) is 61.4 Å². The number of nitrogens with zero attached hydrogens (tertiary/aromatic N) is 1. The molecule has 3 rings (SSSR count). The minimum absolute atomic E-state index is 0.0377. The molecular weight excluding hydrogens is 388 g/mol. The van der Waals surface area contributed by atoms with Crippen LogP contribution < -0.4 is 20.7 Å². The largest absolute Gasteiger partial charge is 0.493 e. The quantitative estimate of drug-likeness (QED) is 0.402. The van der Waals surface area contributed by atoms with Crippen molar-refractivity contribution >= 4 is 11.9 Å². The first-order chi connectivity index (χ1) is 15.1. The van der Waals surface area contributed by atoms with Gasteiger partial charge in [0.2, 0.25) is 0 Å². The Morgan fingerprint density at radius 2 is 1.90 bits per heavy atom. The molecule has 0 aromatic heterocycles. The smallest absolute Gasteiger partial charge is 0.251 e. The number of carbonyl (C=O) groups excluding carboxylic acids is 1. The number of aryl methyl sites for hydroxylation is 1.